The molecule has 3 heteroatoms. The van der Waals surface area contributed by atoms with Crippen LogP contribution in [-0.4, -0.2) is 13.1 Å². The maximum Gasteiger partial charge on any atom is 0.169 e. The molecule has 0 aliphatic carbocycles. The van der Waals surface area contributed by atoms with Crippen molar-refractivity contribution in [2.45, 2.75) is 33.1 Å². The van der Waals surface area contributed by atoms with Crippen molar-refractivity contribution >= 4 is 15.9 Å². The Hall–Kier alpha value is -0.280. The Morgan fingerprint density at radius 3 is 2.60 bits per heavy atom. The van der Waals surface area contributed by atoms with Crippen molar-refractivity contribution in [3.8, 4) is 0 Å². The van der Waals surface area contributed by atoms with Gasteiger partial charge >= 0.3 is 0 Å². The monoisotopic (exact) mass is 273 g/mol. The molecule has 1 aromatic rings. The smallest absolute Gasteiger partial charge is 0.169 e. The second-order valence-electron chi connectivity index (χ2n) is 3.84. The molecule has 0 fully saturated rings. The lowest BCUT2D eigenvalue weighted by atomic mass is 10.0. The lowest BCUT2D eigenvalue weighted by Gasteiger charge is -2.12. The van der Waals surface area contributed by atoms with Gasteiger partial charge in [0.05, 0.1) is 0 Å². The van der Waals surface area contributed by atoms with Gasteiger partial charge < -0.3 is 9.73 Å². The molecule has 0 aromatic carbocycles. The van der Waals surface area contributed by atoms with Crippen LogP contribution in [-0.2, 0) is 6.42 Å². The summed E-state index contributed by atoms with van der Waals surface area (Å²) in [7, 11) is 0. The summed E-state index contributed by atoms with van der Waals surface area (Å²) in [6.07, 6.45) is 3.48. The second kappa shape index (κ2) is 7.07. The average Bonchev–Trinajstić information content (AvgIpc) is 2.65. The van der Waals surface area contributed by atoms with Gasteiger partial charge in [0.1, 0.15) is 5.76 Å². The van der Waals surface area contributed by atoms with Gasteiger partial charge in [-0.2, -0.15) is 0 Å². The van der Waals surface area contributed by atoms with E-state index in [2.05, 4.69) is 35.1 Å². The van der Waals surface area contributed by atoms with Crippen molar-refractivity contribution in [2.75, 3.05) is 13.1 Å². The molecule has 0 aliphatic rings. The summed E-state index contributed by atoms with van der Waals surface area (Å²) in [6, 6.07) is 3.96. The predicted molar refractivity (Wildman–Crippen MR) is 67.1 cm³/mol. The first kappa shape index (κ1) is 12.8. The van der Waals surface area contributed by atoms with Gasteiger partial charge in [0, 0.05) is 13.0 Å². The van der Waals surface area contributed by atoms with Crippen molar-refractivity contribution in [3.63, 3.8) is 0 Å². The lowest BCUT2D eigenvalue weighted by molar-refractivity contribution is 0.436. The molecule has 0 saturated heterocycles. The highest BCUT2D eigenvalue weighted by atomic mass is 79.9. The standard InChI is InChI=1S/C12H20BrNO/c1-3-10(4-2)9-14-8-7-11-5-6-12(13)15-11/h5-6,10,14H,3-4,7-9H2,1-2H3. The predicted octanol–water partition coefficient (Wildman–Crippen LogP) is 3.61. The molecule has 86 valence electrons. The van der Waals surface area contributed by atoms with E-state index in [1.54, 1.807) is 0 Å². The third kappa shape index (κ3) is 4.85. The van der Waals surface area contributed by atoms with Crippen LogP contribution in [0.1, 0.15) is 32.4 Å². The lowest BCUT2D eigenvalue weighted by Crippen LogP contribution is -2.24. The summed E-state index contributed by atoms with van der Waals surface area (Å²) in [6.45, 7) is 6.62. The molecular weight excluding hydrogens is 254 g/mol. The van der Waals surface area contributed by atoms with Gasteiger partial charge in [0.15, 0.2) is 4.67 Å². The topological polar surface area (TPSA) is 25.2 Å². The van der Waals surface area contributed by atoms with Crippen molar-refractivity contribution in [1.82, 2.24) is 5.32 Å². The van der Waals surface area contributed by atoms with E-state index in [4.69, 9.17) is 4.42 Å². The maximum absolute atomic E-state index is 5.42. The van der Waals surface area contributed by atoms with Crippen LogP contribution in [0.15, 0.2) is 21.2 Å². The molecule has 0 aliphatic heterocycles. The van der Waals surface area contributed by atoms with E-state index < -0.39 is 0 Å². The molecule has 15 heavy (non-hydrogen) atoms. The first-order valence-electron chi connectivity index (χ1n) is 5.71. The molecule has 0 spiro atoms. The Morgan fingerprint density at radius 2 is 2.07 bits per heavy atom. The Bertz CT molecular complexity index is 268. The largest absolute Gasteiger partial charge is 0.454 e. The van der Waals surface area contributed by atoms with E-state index in [9.17, 15) is 0 Å². The summed E-state index contributed by atoms with van der Waals surface area (Å²) in [4.78, 5) is 0. The first-order chi connectivity index (χ1) is 7.26. The maximum atomic E-state index is 5.42. The molecule has 0 bridgehead atoms. The third-order valence-electron chi connectivity index (χ3n) is 2.76. The highest BCUT2D eigenvalue weighted by Gasteiger charge is 2.03. The van der Waals surface area contributed by atoms with Crippen LogP contribution in [0.3, 0.4) is 0 Å². The zero-order valence-corrected chi connectivity index (χ0v) is 11.1. The van der Waals surface area contributed by atoms with Crippen molar-refractivity contribution in [3.05, 3.63) is 22.6 Å². The minimum Gasteiger partial charge on any atom is -0.454 e. The number of hydrogen-bond donors (Lipinski definition) is 1. The van der Waals surface area contributed by atoms with Crippen LogP contribution in [0.5, 0.6) is 0 Å². The summed E-state index contributed by atoms with van der Waals surface area (Å²) >= 11 is 3.30. The molecule has 1 aromatic heterocycles. The molecule has 1 N–H and O–H groups in total. The Balaban J connectivity index is 2.11. The van der Waals surface area contributed by atoms with Crippen LogP contribution in [0.25, 0.3) is 0 Å². The summed E-state index contributed by atoms with van der Waals surface area (Å²) < 4.78 is 6.24. The minimum atomic E-state index is 0.813. The van der Waals surface area contributed by atoms with Crippen LogP contribution >= 0.6 is 15.9 Å². The molecule has 0 unspecified atom stereocenters. The van der Waals surface area contributed by atoms with Crippen molar-refractivity contribution < 1.29 is 4.42 Å². The molecular formula is C12H20BrNO. The van der Waals surface area contributed by atoms with Gasteiger partial charge in [0.2, 0.25) is 0 Å². The van der Waals surface area contributed by atoms with Crippen LogP contribution in [0.2, 0.25) is 0 Å². The number of furan rings is 1. The molecule has 1 rings (SSSR count). The number of hydrogen-bond acceptors (Lipinski definition) is 2. The van der Waals surface area contributed by atoms with Crippen molar-refractivity contribution in [2.24, 2.45) is 5.92 Å². The van der Waals surface area contributed by atoms with Gasteiger partial charge in [-0.25, -0.2) is 0 Å². The van der Waals surface area contributed by atoms with Crippen LogP contribution in [0.4, 0.5) is 0 Å². The van der Waals surface area contributed by atoms with E-state index in [1.807, 2.05) is 12.1 Å². The van der Waals surface area contributed by atoms with E-state index in [0.717, 1.165) is 35.9 Å². The Kier molecular flexibility index (Phi) is 6.03. The van der Waals surface area contributed by atoms with Gasteiger partial charge in [-0.15, -0.1) is 0 Å². The van der Waals surface area contributed by atoms with E-state index in [0.29, 0.717) is 0 Å². The van der Waals surface area contributed by atoms with Gasteiger partial charge in [-0.05, 0) is 40.5 Å². The molecule has 0 radical (unpaired) electrons. The van der Waals surface area contributed by atoms with Crippen molar-refractivity contribution in [1.29, 1.82) is 0 Å². The summed E-state index contributed by atoms with van der Waals surface area (Å²) in [5.74, 6) is 1.85. The highest BCUT2D eigenvalue weighted by Crippen LogP contribution is 2.14. The quantitative estimate of drug-likeness (QED) is 0.768. The number of halogens is 1. The minimum absolute atomic E-state index is 0.813. The SMILES string of the molecule is CCC(CC)CNCCc1ccc(Br)o1. The summed E-state index contributed by atoms with van der Waals surface area (Å²) in [5.41, 5.74) is 0. The van der Waals surface area contributed by atoms with Gasteiger partial charge in [-0.1, -0.05) is 26.7 Å². The van der Waals surface area contributed by atoms with Gasteiger partial charge in [0.25, 0.3) is 0 Å². The fourth-order valence-corrected chi connectivity index (χ4v) is 1.92. The fraction of sp³-hybridized carbons (Fsp3) is 0.667. The molecule has 0 amide bonds. The van der Waals surface area contributed by atoms with E-state index in [1.165, 1.54) is 12.8 Å². The summed E-state index contributed by atoms with van der Waals surface area (Å²) in [5, 5.41) is 3.47. The Labute approximate surface area is 101 Å². The van der Waals surface area contributed by atoms with E-state index in [-0.39, 0.29) is 0 Å². The fourth-order valence-electron chi connectivity index (χ4n) is 1.58. The van der Waals surface area contributed by atoms with Crippen LogP contribution in [0, 0.1) is 5.92 Å². The second-order valence-corrected chi connectivity index (χ2v) is 4.62. The Morgan fingerprint density at radius 1 is 1.33 bits per heavy atom. The zero-order chi connectivity index (χ0) is 11.1. The zero-order valence-electron chi connectivity index (χ0n) is 9.55. The first-order valence-corrected chi connectivity index (χ1v) is 6.50. The molecule has 0 saturated carbocycles. The molecule has 2 nitrogen and oxygen atoms in total. The van der Waals surface area contributed by atoms with Crippen LogP contribution < -0.4 is 5.32 Å². The van der Waals surface area contributed by atoms with Gasteiger partial charge in [-0.3, -0.25) is 0 Å². The highest BCUT2D eigenvalue weighted by molar-refractivity contribution is 9.10. The van der Waals surface area contributed by atoms with E-state index >= 15 is 0 Å². The molecule has 1 heterocycles. The average molecular weight is 274 g/mol. The third-order valence-corrected chi connectivity index (χ3v) is 3.19. The normalized spacial score (nSPS) is 11.2. The number of rotatable bonds is 7. The molecule has 0 atom stereocenters. The number of nitrogens with one attached hydrogen (secondary N) is 1.